The molecule has 0 saturated heterocycles. The molecule has 2 aromatic heterocycles. The van der Waals surface area contributed by atoms with Crippen molar-refractivity contribution in [1.29, 1.82) is 0 Å². The van der Waals surface area contributed by atoms with Crippen LogP contribution in [0.25, 0.3) is 10.2 Å². The highest BCUT2D eigenvalue weighted by Crippen LogP contribution is 2.22. The van der Waals surface area contributed by atoms with E-state index in [0.717, 1.165) is 32.9 Å². The maximum Gasteiger partial charge on any atom is 0.262 e. The Kier molecular flexibility index (Phi) is 4.72. The molecule has 5 nitrogen and oxygen atoms in total. The minimum Gasteiger partial charge on any atom is -0.324 e. The number of anilines is 1. The fourth-order valence-electron chi connectivity index (χ4n) is 2.73. The van der Waals surface area contributed by atoms with Crippen LogP contribution < -0.4 is 10.9 Å². The van der Waals surface area contributed by atoms with E-state index < -0.39 is 0 Å². The highest BCUT2D eigenvalue weighted by molar-refractivity contribution is 7.18. The average Bonchev–Trinajstić information content (AvgIpc) is 2.98. The van der Waals surface area contributed by atoms with Gasteiger partial charge in [0.1, 0.15) is 17.2 Å². The molecule has 0 aliphatic heterocycles. The Balaban J connectivity index is 1.90. The monoisotopic (exact) mass is 355 g/mol. The third kappa shape index (κ3) is 3.49. The summed E-state index contributed by atoms with van der Waals surface area (Å²) in [6.07, 6.45) is 0.868. The Morgan fingerprint density at radius 3 is 2.72 bits per heavy atom. The van der Waals surface area contributed by atoms with Crippen molar-refractivity contribution in [2.45, 2.75) is 40.7 Å². The summed E-state index contributed by atoms with van der Waals surface area (Å²) in [6.45, 7) is 7.69. The van der Waals surface area contributed by atoms with Crippen molar-refractivity contribution in [2.24, 2.45) is 0 Å². The molecule has 0 saturated carbocycles. The van der Waals surface area contributed by atoms with E-state index in [1.165, 1.54) is 15.9 Å². The van der Waals surface area contributed by atoms with Crippen molar-refractivity contribution in [3.8, 4) is 0 Å². The van der Waals surface area contributed by atoms with Crippen molar-refractivity contribution in [3.05, 3.63) is 56.4 Å². The molecule has 25 heavy (non-hydrogen) atoms. The first kappa shape index (κ1) is 17.4. The van der Waals surface area contributed by atoms with Gasteiger partial charge in [-0.2, -0.15) is 0 Å². The normalized spacial score (nSPS) is 11.0. The van der Waals surface area contributed by atoms with Crippen LogP contribution in [-0.4, -0.2) is 15.5 Å². The quantitative estimate of drug-likeness (QED) is 0.778. The average molecular weight is 355 g/mol. The van der Waals surface area contributed by atoms with Crippen molar-refractivity contribution < 1.29 is 4.79 Å². The van der Waals surface area contributed by atoms with Gasteiger partial charge in [0.15, 0.2) is 0 Å². The lowest BCUT2D eigenvalue weighted by molar-refractivity contribution is -0.116. The molecule has 6 heteroatoms. The highest BCUT2D eigenvalue weighted by Gasteiger charge is 2.14. The van der Waals surface area contributed by atoms with Crippen LogP contribution in [0.15, 0.2) is 29.1 Å². The SMILES string of the molecule is CCc1cc2c(=O)n(CC(=O)Nc3cc(C)ccc3C)c(C)nc2s1. The van der Waals surface area contributed by atoms with Gasteiger partial charge in [0.2, 0.25) is 5.91 Å². The van der Waals surface area contributed by atoms with Gasteiger partial charge in [-0.3, -0.25) is 14.2 Å². The molecule has 0 fully saturated rings. The summed E-state index contributed by atoms with van der Waals surface area (Å²) in [5.41, 5.74) is 2.67. The molecule has 0 aliphatic rings. The van der Waals surface area contributed by atoms with Crippen molar-refractivity contribution in [3.63, 3.8) is 0 Å². The number of thiophene rings is 1. The number of carbonyl (C=O) groups excluding carboxylic acids is 1. The van der Waals surface area contributed by atoms with E-state index in [-0.39, 0.29) is 18.0 Å². The number of fused-ring (bicyclic) bond motifs is 1. The van der Waals surface area contributed by atoms with Crippen LogP contribution in [-0.2, 0) is 17.8 Å². The number of hydrogen-bond donors (Lipinski definition) is 1. The van der Waals surface area contributed by atoms with Crippen LogP contribution in [0, 0.1) is 20.8 Å². The van der Waals surface area contributed by atoms with Crippen LogP contribution in [0.3, 0.4) is 0 Å². The molecule has 0 bridgehead atoms. The fourth-order valence-corrected chi connectivity index (χ4v) is 3.73. The van der Waals surface area contributed by atoms with Crippen LogP contribution >= 0.6 is 11.3 Å². The predicted molar refractivity (Wildman–Crippen MR) is 103 cm³/mol. The third-order valence-corrected chi connectivity index (χ3v) is 5.38. The van der Waals surface area contributed by atoms with Crippen LogP contribution in [0.4, 0.5) is 5.69 Å². The second-order valence-corrected chi connectivity index (χ2v) is 7.32. The molecule has 0 spiro atoms. The van der Waals surface area contributed by atoms with Gasteiger partial charge in [-0.05, 0) is 50.5 Å². The van der Waals surface area contributed by atoms with Gasteiger partial charge in [0.05, 0.1) is 5.39 Å². The van der Waals surface area contributed by atoms with Gasteiger partial charge >= 0.3 is 0 Å². The Bertz CT molecular complexity index is 1020. The maximum atomic E-state index is 12.7. The topological polar surface area (TPSA) is 64.0 Å². The highest BCUT2D eigenvalue weighted by atomic mass is 32.1. The van der Waals surface area contributed by atoms with E-state index in [1.54, 1.807) is 6.92 Å². The summed E-state index contributed by atoms with van der Waals surface area (Å²) in [5, 5.41) is 3.48. The molecule has 0 aliphatic carbocycles. The number of hydrogen-bond acceptors (Lipinski definition) is 4. The number of rotatable bonds is 4. The fraction of sp³-hybridized carbons (Fsp3) is 0.316. The Morgan fingerprint density at radius 2 is 2.00 bits per heavy atom. The Labute approximate surface area is 150 Å². The molecule has 1 aromatic carbocycles. The van der Waals surface area contributed by atoms with E-state index in [1.807, 2.05) is 45.0 Å². The van der Waals surface area contributed by atoms with Crippen LogP contribution in [0.5, 0.6) is 0 Å². The summed E-state index contributed by atoms with van der Waals surface area (Å²) in [6, 6.07) is 7.78. The number of amides is 1. The van der Waals surface area contributed by atoms with Gasteiger partial charge in [0.25, 0.3) is 5.56 Å². The van der Waals surface area contributed by atoms with Crippen molar-refractivity contribution in [1.82, 2.24) is 9.55 Å². The Morgan fingerprint density at radius 1 is 1.24 bits per heavy atom. The number of nitrogens with zero attached hydrogens (tertiary/aromatic N) is 2. The first-order valence-electron chi connectivity index (χ1n) is 8.26. The van der Waals surface area contributed by atoms with E-state index >= 15 is 0 Å². The lowest BCUT2D eigenvalue weighted by Crippen LogP contribution is -2.30. The van der Waals surface area contributed by atoms with E-state index in [9.17, 15) is 9.59 Å². The molecule has 0 atom stereocenters. The number of aryl methyl sites for hydroxylation is 4. The zero-order valence-corrected chi connectivity index (χ0v) is 15.7. The van der Waals surface area contributed by atoms with Crippen molar-refractivity contribution in [2.75, 3.05) is 5.32 Å². The van der Waals surface area contributed by atoms with Crippen LogP contribution in [0.2, 0.25) is 0 Å². The summed E-state index contributed by atoms with van der Waals surface area (Å²) in [7, 11) is 0. The molecule has 1 amide bonds. The number of aromatic nitrogens is 2. The van der Waals surface area contributed by atoms with E-state index in [4.69, 9.17) is 0 Å². The van der Waals surface area contributed by atoms with Crippen LogP contribution in [0.1, 0.15) is 28.8 Å². The number of benzene rings is 1. The van der Waals surface area contributed by atoms with Crippen molar-refractivity contribution >= 4 is 33.1 Å². The lowest BCUT2D eigenvalue weighted by Gasteiger charge is -2.12. The summed E-state index contributed by atoms with van der Waals surface area (Å²) in [5.74, 6) is 0.323. The largest absolute Gasteiger partial charge is 0.324 e. The van der Waals surface area contributed by atoms with Gasteiger partial charge in [0, 0.05) is 10.6 Å². The molecule has 3 rings (SSSR count). The van der Waals surface area contributed by atoms with Gasteiger partial charge in [-0.15, -0.1) is 11.3 Å². The second kappa shape index (κ2) is 6.80. The number of carbonyl (C=O) groups is 1. The molecule has 130 valence electrons. The van der Waals surface area contributed by atoms with Gasteiger partial charge in [-0.1, -0.05) is 19.1 Å². The predicted octanol–water partition coefficient (Wildman–Crippen LogP) is 3.58. The standard InChI is InChI=1S/C19H21N3O2S/c1-5-14-9-15-18(25-14)20-13(4)22(19(15)24)10-17(23)21-16-8-11(2)6-7-12(16)3/h6-9H,5,10H2,1-4H3,(H,21,23). The minimum absolute atomic E-state index is 0.0434. The van der Waals surface area contributed by atoms with E-state index in [2.05, 4.69) is 10.3 Å². The molecule has 1 N–H and O–H groups in total. The second-order valence-electron chi connectivity index (χ2n) is 6.20. The summed E-state index contributed by atoms with van der Waals surface area (Å²) in [4.78, 5) is 31.5. The molecular formula is C19H21N3O2S. The molecular weight excluding hydrogens is 334 g/mol. The molecule has 0 unspecified atom stereocenters. The first-order valence-corrected chi connectivity index (χ1v) is 9.07. The summed E-state index contributed by atoms with van der Waals surface area (Å²) < 4.78 is 1.44. The number of nitrogens with one attached hydrogen (secondary N) is 1. The first-order chi connectivity index (χ1) is 11.9. The zero-order chi connectivity index (χ0) is 18.1. The smallest absolute Gasteiger partial charge is 0.262 e. The third-order valence-electron chi connectivity index (χ3n) is 4.21. The Hall–Kier alpha value is -2.47. The minimum atomic E-state index is -0.231. The van der Waals surface area contributed by atoms with Gasteiger partial charge < -0.3 is 5.32 Å². The zero-order valence-electron chi connectivity index (χ0n) is 14.8. The van der Waals surface area contributed by atoms with E-state index in [0.29, 0.717) is 11.2 Å². The molecule has 3 aromatic rings. The lowest BCUT2D eigenvalue weighted by atomic mass is 10.1. The molecule has 2 heterocycles. The van der Waals surface area contributed by atoms with Gasteiger partial charge in [-0.25, -0.2) is 4.98 Å². The summed E-state index contributed by atoms with van der Waals surface area (Å²) >= 11 is 1.53. The molecule has 0 radical (unpaired) electrons. The maximum absolute atomic E-state index is 12.7.